The van der Waals surface area contributed by atoms with Gasteiger partial charge < -0.3 is 5.32 Å². The maximum Gasteiger partial charge on any atom is 0.320 e. The molecular formula is C19H12Cl3N3O2S. The van der Waals surface area contributed by atoms with E-state index in [0.29, 0.717) is 11.2 Å². The van der Waals surface area contributed by atoms with Crippen LogP contribution in [0.1, 0.15) is 0 Å². The van der Waals surface area contributed by atoms with E-state index in [4.69, 9.17) is 34.8 Å². The van der Waals surface area contributed by atoms with Gasteiger partial charge in [-0.05, 0) is 24.3 Å². The molecule has 0 aliphatic heterocycles. The third kappa shape index (κ3) is 4.77. The number of fused-ring (bicyclic) bond motifs is 1. The van der Waals surface area contributed by atoms with Gasteiger partial charge in [-0.25, -0.2) is 0 Å². The normalized spacial score (nSPS) is 11.7. The maximum atomic E-state index is 11.8. The minimum atomic E-state index is -0.621. The quantitative estimate of drug-likeness (QED) is 0.193. The van der Waals surface area contributed by atoms with E-state index in [1.807, 2.05) is 54.6 Å². The minimum absolute atomic E-state index is 0.165. The van der Waals surface area contributed by atoms with Gasteiger partial charge in [-0.15, -0.1) is 0 Å². The van der Waals surface area contributed by atoms with Crippen LogP contribution < -0.4 is 5.32 Å². The minimum Gasteiger partial charge on any atom is -0.342 e. The highest BCUT2D eigenvalue weighted by Gasteiger charge is 2.27. The van der Waals surface area contributed by atoms with Crippen LogP contribution >= 0.6 is 46.6 Å². The van der Waals surface area contributed by atoms with Crippen LogP contribution in [0.3, 0.4) is 0 Å². The second-order valence-corrected chi connectivity index (χ2v) is 7.84. The van der Waals surface area contributed by atoms with Crippen LogP contribution in [-0.2, 0) is 0 Å². The highest BCUT2D eigenvalue weighted by Crippen LogP contribution is 2.37. The fraction of sp³-hybridized carbons (Fsp3) is 0. The van der Waals surface area contributed by atoms with Crippen molar-refractivity contribution in [2.45, 2.75) is 4.90 Å². The molecule has 1 N–H and O–H groups in total. The number of allylic oxidation sites excluding steroid dienone is 1. The molecule has 1 heterocycles. The standard InChI is InChI=1S/C19H12Cl3N3O2S/c20-15(18(21)22)17(25(26)27)19(28-13-8-2-1-3-9-13)24-14-10-4-6-12-7-5-11-23-16(12)14/h1-11,24H. The molecule has 0 saturated heterocycles. The number of benzene rings is 2. The lowest BCUT2D eigenvalue weighted by molar-refractivity contribution is -0.420. The third-order valence-corrected chi connectivity index (χ3v) is 5.56. The van der Waals surface area contributed by atoms with Crippen LogP contribution in [0, 0.1) is 10.1 Å². The molecule has 0 fully saturated rings. The Labute approximate surface area is 180 Å². The molecule has 0 spiro atoms. The van der Waals surface area contributed by atoms with E-state index in [0.717, 1.165) is 22.0 Å². The fourth-order valence-corrected chi connectivity index (χ4v) is 3.78. The number of hydrogen-bond acceptors (Lipinski definition) is 5. The van der Waals surface area contributed by atoms with Crippen LogP contribution in [0.5, 0.6) is 0 Å². The van der Waals surface area contributed by atoms with Gasteiger partial charge in [0.1, 0.15) is 4.49 Å². The molecule has 0 amide bonds. The number of halogens is 3. The number of nitrogens with zero attached hydrogens (tertiary/aromatic N) is 2. The summed E-state index contributed by atoms with van der Waals surface area (Å²) in [5.41, 5.74) is 0.824. The van der Waals surface area contributed by atoms with Crippen molar-refractivity contribution in [2.75, 3.05) is 5.32 Å². The van der Waals surface area contributed by atoms with Gasteiger partial charge in [0.15, 0.2) is 10.1 Å². The van der Waals surface area contributed by atoms with Crippen molar-refractivity contribution in [2.24, 2.45) is 0 Å². The number of rotatable bonds is 6. The topological polar surface area (TPSA) is 68.1 Å². The predicted molar refractivity (Wildman–Crippen MR) is 116 cm³/mol. The predicted octanol–water partition coefficient (Wildman–Crippen LogP) is 6.77. The van der Waals surface area contributed by atoms with Crippen molar-refractivity contribution < 1.29 is 4.92 Å². The van der Waals surface area contributed by atoms with Crippen LogP contribution in [0.25, 0.3) is 10.9 Å². The lowest BCUT2D eigenvalue weighted by atomic mass is 10.2. The molecule has 0 aliphatic carbocycles. The lowest BCUT2D eigenvalue weighted by Gasteiger charge is -2.13. The van der Waals surface area contributed by atoms with Crippen LogP contribution in [0.4, 0.5) is 5.69 Å². The summed E-state index contributed by atoms with van der Waals surface area (Å²) < 4.78 is -0.391. The van der Waals surface area contributed by atoms with Gasteiger partial charge >= 0.3 is 5.70 Å². The summed E-state index contributed by atoms with van der Waals surface area (Å²) in [6, 6.07) is 18.4. The lowest BCUT2D eigenvalue weighted by Crippen LogP contribution is -2.09. The maximum absolute atomic E-state index is 11.8. The average Bonchev–Trinajstić information content (AvgIpc) is 2.68. The fourth-order valence-electron chi connectivity index (χ4n) is 2.42. The molecule has 142 valence electrons. The van der Waals surface area contributed by atoms with Crippen LogP contribution in [0.2, 0.25) is 0 Å². The van der Waals surface area contributed by atoms with Crippen LogP contribution in [-0.4, -0.2) is 9.91 Å². The number of thioether (sulfide) groups is 1. The Morgan fingerprint density at radius 3 is 2.39 bits per heavy atom. The first-order chi connectivity index (χ1) is 13.5. The zero-order valence-corrected chi connectivity index (χ0v) is 17.2. The smallest absolute Gasteiger partial charge is 0.320 e. The number of para-hydroxylation sites is 1. The van der Waals surface area contributed by atoms with E-state index in [1.165, 1.54) is 0 Å². The number of pyridine rings is 1. The average molecular weight is 453 g/mol. The third-order valence-electron chi connectivity index (χ3n) is 3.62. The number of nitro groups is 1. The molecular weight excluding hydrogens is 441 g/mol. The Morgan fingerprint density at radius 2 is 1.71 bits per heavy atom. The summed E-state index contributed by atoms with van der Waals surface area (Å²) in [4.78, 5) is 16.3. The number of aromatic nitrogens is 1. The van der Waals surface area contributed by atoms with Gasteiger partial charge in [0.2, 0.25) is 0 Å². The van der Waals surface area contributed by atoms with E-state index in [9.17, 15) is 10.1 Å². The Balaban J connectivity index is 2.16. The van der Waals surface area contributed by atoms with Crippen molar-refractivity contribution in [3.8, 4) is 0 Å². The van der Waals surface area contributed by atoms with E-state index < -0.39 is 15.1 Å². The highest BCUT2D eigenvalue weighted by molar-refractivity contribution is 8.03. The zero-order chi connectivity index (χ0) is 20.1. The second kappa shape index (κ2) is 9.30. The van der Waals surface area contributed by atoms with Gasteiger partial charge in [0.05, 0.1) is 16.1 Å². The molecule has 0 unspecified atom stereocenters. The molecule has 0 saturated carbocycles. The number of anilines is 1. The van der Waals surface area contributed by atoms with Crippen molar-refractivity contribution in [1.29, 1.82) is 0 Å². The molecule has 28 heavy (non-hydrogen) atoms. The molecule has 0 bridgehead atoms. The number of hydrogen-bond donors (Lipinski definition) is 1. The highest BCUT2D eigenvalue weighted by atomic mass is 35.5. The second-order valence-electron chi connectivity index (χ2n) is 5.43. The Kier molecular flexibility index (Phi) is 6.80. The Hall–Kier alpha value is -2.25. The van der Waals surface area contributed by atoms with Crippen molar-refractivity contribution in [1.82, 2.24) is 4.98 Å². The molecule has 9 heteroatoms. The largest absolute Gasteiger partial charge is 0.342 e. The van der Waals surface area contributed by atoms with Gasteiger partial charge in [-0.3, -0.25) is 15.1 Å². The molecule has 2 aromatic carbocycles. The van der Waals surface area contributed by atoms with Gasteiger partial charge in [-0.2, -0.15) is 0 Å². The van der Waals surface area contributed by atoms with E-state index in [-0.39, 0.29) is 10.1 Å². The summed E-state index contributed by atoms with van der Waals surface area (Å²) >= 11 is 18.7. The van der Waals surface area contributed by atoms with Crippen molar-refractivity contribution in [3.63, 3.8) is 0 Å². The summed E-state index contributed by atoms with van der Waals surface area (Å²) in [7, 11) is 0. The molecule has 3 aromatic rings. The SMILES string of the molecule is O=[N+]([O-])C(=C(Nc1cccc2cccnc12)Sc1ccccc1)C(Cl)=C(Cl)Cl. The van der Waals surface area contributed by atoms with Crippen LogP contribution in [0.15, 0.2) is 92.0 Å². The zero-order valence-electron chi connectivity index (χ0n) is 14.1. The van der Waals surface area contributed by atoms with E-state index >= 15 is 0 Å². The van der Waals surface area contributed by atoms with Gasteiger partial charge in [0.25, 0.3) is 0 Å². The molecule has 5 nitrogen and oxygen atoms in total. The van der Waals surface area contributed by atoms with Gasteiger partial charge in [0, 0.05) is 16.5 Å². The molecule has 0 atom stereocenters. The van der Waals surface area contributed by atoms with E-state index in [2.05, 4.69) is 10.3 Å². The van der Waals surface area contributed by atoms with Gasteiger partial charge in [-0.1, -0.05) is 83.0 Å². The molecule has 0 aliphatic rings. The first kappa shape index (κ1) is 20.5. The monoisotopic (exact) mass is 451 g/mol. The number of nitrogens with one attached hydrogen (secondary N) is 1. The summed E-state index contributed by atoms with van der Waals surface area (Å²) in [6.07, 6.45) is 1.65. The Bertz CT molecular complexity index is 1080. The first-order valence-electron chi connectivity index (χ1n) is 7.91. The first-order valence-corrected chi connectivity index (χ1v) is 9.86. The summed E-state index contributed by atoms with van der Waals surface area (Å²) in [5, 5.41) is 15.6. The van der Waals surface area contributed by atoms with Crippen molar-refractivity contribution >= 4 is 63.2 Å². The summed E-state index contributed by atoms with van der Waals surface area (Å²) in [5.74, 6) is 0. The molecule has 0 radical (unpaired) electrons. The van der Waals surface area contributed by atoms with Crippen molar-refractivity contribution in [3.05, 3.63) is 97.2 Å². The Morgan fingerprint density at radius 1 is 1.00 bits per heavy atom. The van der Waals surface area contributed by atoms with E-state index in [1.54, 1.807) is 12.3 Å². The summed E-state index contributed by atoms with van der Waals surface area (Å²) in [6.45, 7) is 0. The molecule has 1 aromatic heterocycles. The molecule has 3 rings (SSSR count).